The highest BCUT2D eigenvalue weighted by atomic mass is 35.5. The number of alkyl halides is 4. The topological polar surface area (TPSA) is 20.3 Å². The standard InChI is InChI=1S/C21H29F4N2O.ClH/c1-20(2)10-4-12-27(3,19(20)26-11-9-17(22)14-26)18(28)13-15-5-7-16(8-6-15)21(23,24)25;/h5-8,17,19H,4,9-14H2,1-3H3;1H/q+1;. The third-order valence-corrected chi connectivity index (χ3v) is 6.40. The molecule has 3 nitrogen and oxygen atoms in total. The lowest BCUT2D eigenvalue weighted by molar-refractivity contribution is -0.888. The summed E-state index contributed by atoms with van der Waals surface area (Å²) < 4.78 is 52.4. The van der Waals surface area contributed by atoms with Gasteiger partial charge in [-0.1, -0.05) is 26.0 Å². The smallest absolute Gasteiger partial charge is 0.250 e. The van der Waals surface area contributed by atoms with Gasteiger partial charge >= 0.3 is 12.1 Å². The zero-order valence-corrected chi connectivity index (χ0v) is 18.0. The first kappa shape index (κ1) is 24.1. The Bertz CT molecular complexity index is 722. The maximum absolute atomic E-state index is 13.9. The van der Waals surface area contributed by atoms with Crippen LogP contribution in [0.25, 0.3) is 0 Å². The fourth-order valence-electron chi connectivity index (χ4n) is 5.13. The molecule has 3 atom stereocenters. The molecule has 8 heteroatoms. The van der Waals surface area contributed by atoms with Crippen molar-refractivity contribution in [3.63, 3.8) is 0 Å². The molecule has 2 fully saturated rings. The number of benzene rings is 1. The number of hydrogen-bond acceptors (Lipinski definition) is 2. The van der Waals surface area contributed by atoms with Crippen LogP contribution >= 0.6 is 12.4 Å². The number of carbonyl (C=O) groups excluding carboxylic acids is 1. The molecule has 1 amide bonds. The summed E-state index contributed by atoms with van der Waals surface area (Å²) in [5.41, 5.74) is -0.288. The fourth-order valence-corrected chi connectivity index (χ4v) is 5.13. The number of likely N-dealkylation sites (tertiary alicyclic amines) is 2. The Kier molecular flexibility index (Phi) is 7.08. The van der Waals surface area contributed by atoms with Crippen LogP contribution in [0.3, 0.4) is 0 Å². The minimum absolute atomic E-state index is 0. The van der Waals surface area contributed by atoms with Crippen molar-refractivity contribution in [3.05, 3.63) is 35.4 Å². The summed E-state index contributed by atoms with van der Waals surface area (Å²) in [6.45, 7) is 5.90. The molecule has 2 aliphatic heterocycles. The molecule has 2 heterocycles. The van der Waals surface area contributed by atoms with E-state index in [0.717, 1.165) is 25.0 Å². The van der Waals surface area contributed by atoms with E-state index >= 15 is 0 Å². The zero-order valence-electron chi connectivity index (χ0n) is 17.1. The number of amides is 1. The summed E-state index contributed by atoms with van der Waals surface area (Å²) in [5, 5.41) is 0. The molecular formula is C21H30ClF4N2O+. The molecular weight excluding hydrogens is 408 g/mol. The first-order valence-electron chi connectivity index (χ1n) is 9.86. The lowest BCUT2D eigenvalue weighted by atomic mass is 9.78. The van der Waals surface area contributed by atoms with Crippen molar-refractivity contribution in [1.29, 1.82) is 0 Å². The van der Waals surface area contributed by atoms with Crippen molar-refractivity contribution >= 4 is 18.3 Å². The van der Waals surface area contributed by atoms with E-state index in [1.807, 2.05) is 7.05 Å². The van der Waals surface area contributed by atoms with Gasteiger partial charge in [-0.3, -0.25) is 4.90 Å². The lowest BCUT2D eigenvalue weighted by Crippen LogP contribution is -2.70. The number of nitrogens with zero attached hydrogens (tertiary/aromatic N) is 2. The number of carbonyl (C=O) groups is 1. The maximum Gasteiger partial charge on any atom is 0.416 e. The SMILES string of the molecule is CC1(C)CCC[N+](C)(C(=O)Cc2ccc(C(F)(F)F)cc2)C1N1CCC(F)C1.Cl. The van der Waals surface area contributed by atoms with Gasteiger partial charge in [0.15, 0.2) is 6.17 Å². The Morgan fingerprint density at radius 2 is 1.86 bits per heavy atom. The van der Waals surface area contributed by atoms with Crippen LogP contribution in [-0.2, 0) is 17.4 Å². The van der Waals surface area contributed by atoms with Gasteiger partial charge in [-0.15, -0.1) is 12.4 Å². The number of quaternary nitrogens is 1. The molecule has 3 unspecified atom stereocenters. The van der Waals surface area contributed by atoms with E-state index in [1.54, 1.807) is 0 Å². The number of likely N-dealkylation sites (N-methyl/N-ethyl adjacent to an activating group) is 1. The van der Waals surface area contributed by atoms with Crippen LogP contribution in [0.5, 0.6) is 0 Å². The van der Waals surface area contributed by atoms with Gasteiger partial charge in [0, 0.05) is 18.5 Å². The van der Waals surface area contributed by atoms with E-state index in [9.17, 15) is 22.4 Å². The predicted molar refractivity (Wildman–Crippen MR) is 106 cm³/mol. The van der Waals surface area contributed by atoms with Crippen LogP contribution in [-0.4, -0.2) is 54.3 Å². The monoisotopic (exact) mass is 437 g/mol. The van der Waals surface area contributed by atoms with Crippen molar-refractivity contribution in [3.8, 4) is 0 Å². The second-order valence-corrected chi connectivity index (χ2v) is 9.10. The van der Waals surface area contributed by atoms with E-state index < -0.39 is 17.9 Å². The highest BCUT2D eigenvalue weighted by molar-refractivity contribution is 5.85. The van der Waals surface area contributed by atoms with E-state index in [0.29, 0.717) is 31.6 Å². The van der Waals surface area contributed by atoms with Gasteiger partial charge in [0.2, 0.25) is 0 Å². The van der Waals surface area contributed by atoms with Gasteiger partial charge in [-0.25, -0.2) is 13.7 Å². The molecule has 0 N–H and O–H groups in total. The van der Waals surface area contributed by atoms with Crippen LogP contribution in [0, 0.1) is 5.41 Å². The molecule has 3 rings (SSSR count). The van der Waals surface area contributed by atoms with E-state index in [-0.39, 0.29) is 40.8 Å². The molecule has 0 aromatic heterocycles. The van der Waals surface area contributed by atoms with Gasteiger partial charge in [-0.2, -0.15) is 13.2 Å². The summed E-state index contributed by atoms with van der Waals surface area (Å²) in [7, 11) is 1.91. The second-order valence-electron chi connectivity index (χ2n) is 9.10. The maximum atomic E-state index is 13.9. The van der Waals surface area contributed by atoms with E-state index in [2.05, 4.69) is 18.7 Å². The Morgan fingerprint density at radius 1 is 1.24 bits per heavy atom. The van der Waals surface area contributed by atoms with Crippen LogP contribution in [0.2, 0.25) is 0 Å². The van der Waals surface area contributed by atoms with Gasteiger partial charge in [-0.05, 0) is 37.0 Å². The van der Waals surface area contributed by atoms with Crippen molar-refractivity contribution in [2.24, 2.45) is 5.41 Å². The summed E-state index contributed by atoms with van der Waals surface area (Å²) in [6, 6.07) is 4.80. The summed E-state index contributed by atoms with van der Waals surface area (Å²) in [5.74, 6) is -0.0279. The molecule has 0 saturated carbocycles. The van der Waals surface area contributed by atoms with Gasteiger partial charge in [0.1, 0.15) is 6.17 Å². The number of piperidine rings is 1. The van der Waals surface area contributed by atoms with Gasteiger partial charge in [0.05, 0.1) is 25.6 Å². The molecule has 2 aliphatic rings. The summed E-state index contributed by atoms with van der Waals surface area (Å²) in [4.78, 5) is 15.4. The quantitative estimate of drug-likeness (QED) is 0.498. The fraction of sp³-hybridized carbons (Fsp3) is 0.667. The third kappa shape index (κ3) is 4.94. The van der Waals surface area contributed by atoms with Crippen LogP contribution in [0.15, 0.2) is 24.3 Å². The summed E-state index contributed by atoms with van der Waals surface area (Å²) >= 11 is 0. The Labute approximate surface area is 176 Å². The Balaban J connectivity index is 0.00000300. The van der Waals surface area contributed by atoms with Gasteiger partial charge < -0.3 is 0 Å². The van der Waals surface area contributed by atoms with Crippen molar-refractivity contribution in [1.82, 2.24) is 4.90 Å². The number of halogens is 5. The number of hydrogen-bond donors (Lipinski definition) is 0. The van der Waals surface area contributed by atoms with Crippen LogP contribution in [0.1, 0.15) is 44.2 Å². The molecule has 1 aromatic carbocycles. The predicted octanol–water partition coefficient (Wildman–Crippen LogP) is 4.83. The minimum Gasteiger partial charge on any atom is -0.250 e. The van der Waals surface area contributed by atoms with Crippen molar-refractivity contribution < 1.29 is 26.8 Å². The molecule has 1 aromatic rings. The Hall–Kier alpha value is -1.18. The molecule has 2 saturated heterocycles. The molecule has 0 spiro atoms. The average Bonchev–Trinajstić information content (AvgIpc) is 2.99. The first-order chi connectivity index (χ1) is 12.9. The largest absolute Gasteiger partial charge is 0.416 e. The minimum atomic E-state index is -4.39. The number of rotatable bonds is 3. The van der Waals surface area contributed by atoms with Crippen molar-refractivity contribution in [2.75, 3.05) is 26.7 Å². The molecule has 0 aliphatic carbocycles. The average molecular weight is 438 g/mol. The van der Waals surface area contributed by atoms with E-state index in [1.165, 1.54) is 12.1 Å². The highest BCUT2D eigenvalue weighted by Gasteiger charge is 2.54. The zero-order chi connectivity index (χ0) is 20.7. The van der Waals surface area contributed by atoms with E-state index in [4.69, 9.17) is 0 Å². The second kappa shape index (κ2) is 8.52. The molecule has 0 radical (unpaired) electrons. The normalized spacial score (nSPS) is 30.0. The van der Waals surface area contributed by atoms with Crippen LogP contribution in [0.4, 0.5) is 17.6 Å². The highest BCUT2D eigenvalue weighted by Crippen LogP contribution is 2.42. The lowest BCUT2D eigenvalue weighted by Gasteiger charge is -2.53. The Morgan fingerprint density at radius 3 is 2.38 bits per heavy atom. The molecule has 0 bridgehead atoms. The first-order valence-corrected chi connectivity index (χ1v) is 9.86. The molecule has 164 valence electrons. The summed E-state index contributed by atoms with van der Waals surface area (Å²) in [6.07, 6.45) is -2.95. The van der Waals surface area contributed by atoms with Gasteiger partial charge in [0.25, 0.3) is 0 Å². The molecule has 29 heavy (non-hydrogen) atoms. The van der Waals surface area contributed by atoms with Crippen LogP contribution < -0.4 is 0 Å². The third-order valence-electron chi connectivity index (χ3n) is 6.40. The van der Waals surface area contributed by atoms with Crippen molar-refractivity contribution in [2.45, 2.75) is 58.0 Å².